The minimum atomic E-state index is -0.186. The standard InChI is InChI=1S/C11H15FIN.ClH/c1-2-3-4-11(14)9-7-8(13)5-6-10(9)12;/h5-7,11H,2-4,14H2,1H3;1H/t11-;/m0./s1. The molecule has 1 nitrogen and oxygen atoms in total. The molecule has 0 bridgehead atoms. The molecule has 86 valence electrons. The van der Waals surface area contributed by atoms with Crippen molar-refractivity contribution >= 4 is 35.0 Å². The predicted octanol–water partition coefficient (Wildman–Crippen LogP) is 4.04. The van der Waals surface area contributed by atoms with Gasteiger partial charge in [-0.15, -0.1) is 12.4 Å². The Morgan fingerprint density at radius 1 is 1.47 bits per heavy atom. The van der Waals surface area contributed by atoms with Gasteiger partial charge in [-0.2, -0.15) is 0 Å². The number of hydrogen-bond donors (Lipinski definition) is 1. The van der Waals surface area contributed by atoms with Crippen LogP contribution in [0.15, 0.2) is 18.2 Å². The number of hydrogen-bond acceptors (Lipinski definition) is 1. The van der Waals surface area contributed by atoms with Gasteiger partial charge in [0.1, 0.15) is 5.82 Å². The summed E-state index contributed by atoms with van der Waals surface area (Å²) in [5, 5.41) is 0. The van der Waals surface area contributed by atoms with Crippen molar-refractivity contribution in [2.24, 2.45) is 5.73 Å². The van der Waals surface area contributed by atoms with Crippen molar-refractivity contribution < 1.29 is 4.39 Å². The summed E-state index contributed by atoms with van der Waals surface area (Å²) in [4.78, 5) is 0. The average Bonchev–Trinajstić information content (AvgIpc) is 2.18. The first-order chi connectivity index (χ1) is 6.65. The monoisotopic (exact) mass is 343 g/mol. The molecule has 0 aromatic heterocycles. The zero-order valence-corrected chi connectivity index (χ0v) is 11.6. The molecule has 2 N–H and O–H groups in total. The number of nitrogens with two attached hydrogens (primary N) is 1. The van der Waals surface area contributed by atoms with Gasteiger partial charge < -0.3 is 5.73 Å². The van der Waals surface area contributed by atoms with Crippen LogP contribution in [0.25, 0.3) is 0 Å². The quantitative estimate of drug-likeness (QED) is 0.820. The molecular weight excluding hydrogens is 327 g/mol. The highest BCUT2D eigenvalue weighted by Gasteiger charge is 2.10. The molecule has 0 spiro atoms. The van der Waals surface area contributed by atoms with E-state index in [9.17, 15) is 4.39 Å². The van der Waals surface area contributed by atoms with Gasteiger partial charge >= 0.3 is 0 Å². The fourth-order valence-electron chi connectivity index (χ4n) is 1.38. The third kappa shape index (κ3) is 4.66. The summed E-state index contributed by atoms with van der Waals surface area (Å²) in [5.74, 6) is -0.186. The molecule has 0 aliphatic rings. The summed E-state index contributed by atoms with van der Waals surface area (Å²) in [7, 11) is 0. The molecule has 0 aliphatic carbocycles. The van der Waals surface area contributed by atoms with Crippen LogP contribution in [-0.2, 0) is 0 Å². The highest BCUT2D eigenvalue weighted by molar-refractivity contribution is 14.1. The van der Waals surface area contributed by atoms with Crippen molar-refractivity contribution in [2.45, 2.75) is 32.2 Å². The van der Waals surface area contributed by atoms with Crippen LogP contribution in [0.5, 0.6) is 0 Å². The lowest BCUT2D eigenvalue weighted by molar-refractivity contribution is 0.547. The van der Waals surface area contributed by atoms with Gasteiger partial charge in [-0.3, -0.25) is 0 Å². The third-order valence-corrected chi connectivity index (χ3v) is 2.90. The van der Waals surface area contributed by atoms with Gasteiger partial charge in [0.2, 0.25) is 0 Å². The van der Waals surface area contributed by atoms with Crippen LogP contribution in [0.4, 0.5) is 4.39 Å². The Bertz CT molecular complexity index is 307. The van der Waals surface area contributed by atoms with Crippen LogP contribution >= 0.6 is 35.0 Å². The topological polar surface area (TPSA) is 26.0 Å². The number of benzene rings is 1. The van der Waals surface area contributed by atoms with E-state index in [2.05, 4.69) is 29.5 Å². The molecule has 1 aromatic carbocycles. The zero-order valence-electron chi connectivity index (χ0n) is 8.67. The van der Waals surface area contributed by atoms with Crippen LogP contribution in [0, 0.1) is 9.39 Å². The zero-order chi connectivity index (χ0) is 10.6. The molecule has 0 amide bonds. The van der Waals surface area contributed by atoms with Crippen molar-refractivity contribution in [1.29, 1.82) is 0 Å². The molecule has 0 radical (unpaired) electrons. The van der Waals surface area contributed by atoms with Crippen LogP contribution < -0.4 is 5.73 Å². The van der Waals surface area contributed by atoms with E-state index in [0.717, 1.165) is 22.8 Å². The Hall–Kier alpha value is 0.130. The van der Waals surface area contributed by atoms with Gasteiger partial charge in [-0.05, 0) is 47.2 Å². The molecular formula is C11H16ClFIN. The predicted molar refractivity (Wildman–Crippen MR) is 72.8 cm³/mol. The number of unbranched alkanes of at least 4 members (excludes halogenated alkanes) is 1. The van der Waals surface area contributed by atoms with Gasteiger partial charge in [0, 0.05) is 15.2 Å². The van der Waals surface area contributed by atoms with Gasteiger partial charge in [0.05, 0.1) is 0 Å². The van der Waals surface area contributed by atoms with E-state index < -0.39 is 0 Å². The van der Waals surface area contributed by atoms with E-state index in [0.29, 0.717) is 5.56 Å². The van der Waals surface area contributed by atoms with Crippen LogP contribution in [-0.4, -0.2) is 0 Å². The fourth-order valence-corrected chi connectivity index (χ4v) is 1.89. The minimum absolute atomic E-state index is 0. The average molecular weight is 344 g/mol. The van der Waals surface area contributed by atoms with Gasteiger partial charge in [-0.25, -0.2) is 4.39 Å². The Morgan fingerprint density at radius 2 is 2.13 bits per heavy atom. The highest BCUT2D eigenvalue weighted by atomic mass is 127. The summed E-state index contributed by atoms with van der Waals surface area (Å²) in [6.07, 6.45) is 3.00. The molecule has 0 heterocycles. The van der Waals surface area contributed by atoms with E-state index in [1.54, 1.807) is 6.07 Å². The Balaban J connectivity index is 0.00000196. The van der Waals surface area contributed by atoms with Crippen LogP contribution in [0.3, 0.4) is 0 Å². The molecule has 4 heteroatoms. The third-order valence-electron chi connectivity index (χ3n) is 2.23. The lowest BCUT2D eigenvalue weighted by atomic mass is 10.0. The fraction of sp³-hybridized carbons (Fsp3) is 0.455. The normalized spacial score (nSPS) is 12.0. The van der Waals surface area contributed by atoms with Crippen molar-refractivity contribution in [1.82, 2.24) is 0 Å². The summed E-state index contributed by atoms with van der Waals surface area (Å²) in [6.45, 7) is 2.11. The lowest BCUT2D eigenvalue weighted by Gasteiger charge is -2.12. The molecule has 1 atom stereocenters. The van der Waals surface area contributed by atoms with E-state index >= 15 is 0 Å². The SMILES string of the molecule is CCCC[C@H](N)c1cc(I)ccc1F.Cl. The van der Waals surface area contributed by atoms with Crippen LogP contribution in [0.1, 0.15) is 37.8 Å². The maximum absolute atomic E-state index is 13.4. The molecule has 0 unspecified atom stereocenters. The maximum atomic E-state index is 13.4. The first-order valence-corrected chi connectivity index (χ1v) is 5.93. The van der Waals surface area contributed by atoms with Gasteiger partial charge in [0.15, 0.2) is 0 Å². The Labute approximate surface area is 110 Å². The first-order valence-electron chi connectivity index (χ1n) is 4.85. The minimum Gasteiger partial charge on any atom is -0.324 e. The second-order valence-electron chi connectivity index (χ2n) is 3.41. The molecule has 0 fully saturated rings. The van der Waals surface area contributed by atoms with Gasteiger partial charge in [-0.1, -0.05) is 19.8 Å². The van der Waals surface area contributed by atoms with E-state index in [4.69, 9.17) is 5.73 Å². The Morgan fingerprint density at radius 3 is 2.73 bits per heavy atom. The summed E-state index contributed by atoms with van der Waals surface area (Å²) in [5.41, 5.74) is 6.55. The summed E-state index contributed by atoms with van der Waals surface area (Å²) in [6, 6.07) is 4.91. The van der Waals surface area contributed by atoms with E-state index in [1.807, 2.05) is 6.07 Å². The highest BCUT2D eigenvalue weighted by Crippen LogP contribution is 2.21. The van der Waals surface area contributed by atoms with E-state index in [1.165, 1.54) is 6.07 Å². The lowest BCUT2D eigenvalue weighted by Crippen LogP contribution is -2.12. The second-order valence-corrected chi connectivity index (χ2v) is 4.66. The van der Waals surface area contributed by atoms with Crippen molar-refractivity contribution in [2.75, 3.05) is 0 Å². The summed E-state index contributed by atoms with van der Waals surface area (Å²) >= 11 is 2.17. The van der Waals surface area contributed by atoms with Crippen molar-refractivity contribution in [3.8, 4) is 0 Å². The number of rotatable bonds is 4. The molecule has 0 aliphatic heterocycles. The molecule has 1 rings (SSSR count). The first kappa shape index (κ1) is 15.1. The van der Waals surface area contributed by atoms with Crippen LogP contribution in [0.2, 0.25) is 0 Å². The van der Waals surface area contributed by atoms with E-state index in [-0.39, 0.29) is 24.3 Å². The molecule has 1 aromatic rings. The van der Waals surface area contributed by atoms with Crippen molar-refractivity contribution in [3.63, 3.8) is 0 Å². The molecule has 15 heavy (non-hydrogen) atoms. The molecule has 0 saturated carbocycles. The number of halogens is 3. The largest absolute Gasteiger partial charge is 0.324 e. The smallest absolute Gasteiger partial charge is 0.128 e. The van der Waals surface area contributed by atoms with Crippen molar-refractivity contribution in [3.05, 3.63) is 33.1 Å². The summed E-state index contributed by atoms with van der Waals surface area (Å²) < 4.78 is 14.4. The van der Waals surface area contributed by atoms with Gasteiger partial charge in [0.25, 0.3) is 0 Å². The maximum Gasteiger partial charge on any atom is 0.128 e. The molecule has 0 saturated heterocycles. The second kappa shape index (κ2) is 7.41. The Kier molecular flexibility index (Phi) is 7.48.